The minimum atomic E-state index is -0.384. The maximum absolute atomic E-state index is 12.4. The molecule has 2 N–H and O–H groups in total. The van der Waals surface area contributed by atoms with Crippen LogP contribution in [0.25, 0.3) is 0 Å². The number of aromatic nitrogens is 1. The topological polar surface area (TPSA) is 103 Å². The van der Waals surface area contributed by atoms with Gasteiger partial charge < -0.3 is 19.2 Å². The molecular formula is C21H21N3O5S. The summed E-state index contributed by atoms with van der Waals surface area (Å²) in [6.07, 6.45) is 3.72. The minimum Gasteiger partial charge on any atom is -0.491 e. The molecule has 8 nitrogen and oxygen atoms in total. The number of nitrogens with zero attached hydrogens (tertiary/aromatic N) is 1. The van der Waals surface area contributed by atoms with Crippen LogP contribution in [0.1, 0.15) is 29.1 Å². The molecule has 156 valence electrons. The van der Waals surface area contributed by atoms with Gasteiger partial charge >= 0.3 is 0 Å². The van der Waals surface area contributed by atoms with Crippen LogP contribution in [0.15, 0.2) is 52.5 Å². The van der Waals surface area contributed by atoms with Crippen LogP contribution in [0.4, 0.5) is 10.8 Å². The number of carbonyl (C=O) groups excluding carboxylic acids is 2. The first-order valence-corrected chi connectivity index (χ1v) is 10.5. The molecule has 0 radical (unpaired) electrons. The summed E-state index contributed by atoms with van der Waals surface area (Å²) in [7, 11) is 0. The van der Waals surface area contributed by atoms with E-state index in [4.69, 9.17) is 13.9 Å². The third-order valence-corrected chi connectivity index (χ3v) is 5.24. The molecule has 1 aromatic carbocycles. The van der Waals surface area contributed by atoms with E-state index < -0.39 is 0 Å². The Hall–Kier alpha value is -3.17. The van der Waals surface area contributed by atoms with E-state index in [9.17, 15) is 9.59 Å². The number of hydrogen-bond acceptors (Lipinski definition) is 7. The lowest BCUT2D eigenvalue weighted by molar-refractivity contribution is -0.115. The second kappa shape index (κ2) is 9.55. The van der Waals surface area contributed by atoms with Crippen LogP contribution in [-0.4, -0.2) is 36.1 Å². The highest BCUT2D eigenvalue weighted by molar-refractivity contribution is 7.14. The Bertz CT molecular complexity index is 996. The van der Waals surface area contributed by atoms with Crippen molar-refractivity contribution in [3.05, 3.63) is 59.5 Å². The molecule has 1 saturated heterocycles. The van der Waals surface area contributed by atoms with E-state index in [1.807, 2.05) is 12.1 Å². The van der Waals surface area contributed by atoms with Gasteiger partial charge in [0.05, 0.1) is 24.5 Å². The lowest BCUT2D eigenvalue weighted by atomic mass is 10.2. The highest BCUT2D eigenvalue weighted by Gasteiger charge is 2.16. The van der Waals surface area contributed by atoms with Crippen molar-refractivity contribution < 1.29 is 23.5 Å². The first kappa shape index (κ1) is 20.1. The molecule has 0 aliphatic carbocycles. The highest BCUT2D eigenvalue weighted by Crippen LogP contribution is 2.21. The fourth-order valence-electron chi connectivity index (χ4n) is 3.01. The van der Waals surface area contributed by atoms with Gasteiger partial charge in [-0.3, -0.25) is 14.9 Å². The Morgan fingerprint density at radius 2 is 2.17 bits per heavy atom. The Morgan fingerprint density at radius 1 is 1.23 bits per heavy atom. The summed E-state index contributed by atoms with van der Waals surface area (Å²) in [6.45, 7) is 1.29. The van der Waals surface area contributed by atoms with Crippen molar-refractivity contribution in [2.45, 2.75) is 25.4 Å². The number of nitrogens with one attached hydrogen (secondary N) is 2. The number of ether oxygens (including phenoxy) is 2. The molecule has 0 saturated carbocycles. The van der Waals surface area contributed by atoms with Crippen molar-refractivity contribution in [3.63, 3.8) is 0 Å². The van der Waals surface area contributed by atoms with Gasteiger partial charge in [-0.05, 0) is 37.1 Å². The molecule has 2 amide bonds. The SMILES string of the molecule is O=C(Cc1csc(NC(=O)c2ccco2)n1)Nc1cccc(OCC2CCCO2)c1. The van der Waals surface area contributed by atoms with Crippen molar-refractivity contribution >= 4 is 34.0 Å². The lowest BCUT2D eigenvalue weighted by Gasteiger charge is -2.12. The zero-order valence-corrected chi connectivity index (χ0v) is 16.9. The van der Waals surface area contributed by atoms with Gasteiger partial charge in [0.25, 0.3) is 5.91 Å². The van der Waals surface area contributed by atoms with E-state index in [1.54, 1.807) is 29.6 Å². The molecule has 30 heavy (non-hydrogen) atoms. The Balaban J connectivity index is 1.28. The zero-order valence-electron chi connectivity index (χ0n) is 16.1. The van der Waals surface area contributed by atoms with Gasteiger partial charge in [-0.2, -0.15) is 0 Å². The highest BCUT2D eigenvalue weighted by atomic mass is 32.1. The standard InChI is InChI=1S/C21H21N3O5S/c25-19(11-15-13-30-21(23-15)24-20(26)18-7-3-9-28-18)22-14-4-1-5-16(10-14)29-12-17-6-2-8-27-17/h1,3-5,7,9-10,13,17H,2,6,8,11-12H2,(H,22,25)(H,23,24,26). The van der Waals surface area contributed by atoms with Gasteiger partial charge in [0.1, 0.15) is 12.4 Å². The third kappa shape index (κ3) is 5.46. The minimum absolute atomic E-state index is 0.0914. The first-order valence-electron chi connectivity index (χ1n) is 9.59. The first-order chi connectivity index (χ1) is 14.7. The van der Waals surface area contributed by atoms with Crippen molar-refractivity contribution in [2.24, 2.45) is 0 Å². The smallest absolute Gasteiger partial charge is 0.293 e. The molecule has 3 aromatic rings. The molecule has 1 unspecified atom stereocenters. The number of furan rings is 1. The van der Waals surface area contributed by atoms with Crippen LogP contribution in [0.2, 0.25) is 0 Å². The number of benzene rings is 1. The normalized spacial score (nSPS) is 15.7. The molecule has 0 bridgehead atoms. The van der Waals surface area contributed by atoms with E-state index in [2.05, 4.69) is 15.6 Å². The van der Waals surface area contributed by atoms with Crippen LogP contribution in [-0.2, 0) is 16.0 Å². The Labute approximate surface area is 177 Å². The van der Waals surface area contributed by atoms with E-state index in [0.29, 0.717) is 28.9 Å². The van der Waals surface area contributed by atoms with Crippen LogP contribution >= 0.6 is 11.3 Å². The van der Waals surface area contributed by atoms with Gasteiger partial charge in [-0.15, -0.1) is 11.3 Å². The van der Waals surface area contributed by atoms with E-state index in [1.165, 1.54) is 17.6 Å². The number of anilines is 2. The second-order valence-electron chi connectivity index (χ2n) is 6.77. The number of thiazole rings is 1. The molecule has 4 rings (SSSR count). The molecule has 2 aromatic heterocycles. The number of amides is 2. The molecule has 1 aliphatic rings. The van der Waals surface area contributed by atoms with E-state index >= 15 is 0 Å². The lowest BCUT2D eigenvalue weighted by Crippen LogP contribution is -2.17. The monoisotopic (exact) mass is 427 g/mol. The summed E-state index contributed by atoms with van der Waals surface area (Å²) in [5.74, 6) is 0.289. The summed E-state index contributed by atoms with van der Waals surface area (Å²) in [5.41, 5.74) is 1.21. The molecule has 1 fully saturated rings. The van der Waals surface area contributed by atoms with Gasteiger partial charge in [0, 0.05) is 23.7 Å². The van der Waals surface area contributed by atoms with Crippen LogP contribution in [0, 0.1) is 0 Å². The molecule has 9 heteroatoms. The molecule has 1 atom stereocenters. The number of carbonyl (C=O) groups is 2. The molecular weight excluding hydrogens is 406 g/mol. The van der Waals surface area contributed by atoms with E-state index in [-0.39, 0.29) is 30.1 Å². The summed E-state index contributed by atoms with van der Waals surface area (Å²) >= 11 is 1.25. The summed E-state index contributed by atoms with van der Waals surface area (Å²) in [5, 5.41) is 7.63. The quantitative estimate of drug-likeness (QED) is 0.568. The van der Waals surface area contributed by atoms with Crippen molar-refractivity contribution in [1.82, 2.24) is 4.98 Å². The van der Waals surface area contributed by atoms with Gasteiger partial charge in [-0.25, -0.2) is 4.98 Å². The van der Waals surface area contributed by atoms with Gasteiger partial charge in [0.2, 0.25) is 5.91 Å². The predicted molar refractivity (Wildman–Crippen MR) is 112 cm³/mol. The summed E-state index contributed by atoms with van der Waals surface area (Å²) < 4.78 is 16.4. The predicted octanol–water partition coefficient (Wildman–Crippen LogP) is 3.73. The maximum atomic E-state index is 12.4. The van der Waals surface area contributed by atoms with Crippen molar-refractivity contribution in [1.29, 1.82) is 0 Å². The summed E-state index contributed by atoms with van der Waals surface area (Å²) in [6, 6.07) is 10.4. The largest absolute Gasteiger partial charge is 0.491 e. The summed E-state index contributed by atoms with van der Waals surface area (Å²) in [4.78, 5) is 28.6. The van der Waals surface area contributed by atoms with Crippen LogP contribution in [0.3, 0.4) is 0 Å². The fourth-order valence-corrected chi connectivity index (χ4v) is 3.72. The Morgan fingerprint density at radius 3 is 2.97 bits per heavy atom. The van der Waals surface area contributed by atoms with Crippen LogP contribution in [0.5, 0.6) is 5.75 Å². The number of hydrogen-bond donors (Lipinski definition) is 2. The average Bonchev–Trinajstić information content (AvgIpc) is 3.50. The fraction of sp³-hybridized carbons (Fsp3) is 0.286. The number of rotatable bonds is 8. The van der Waals surface area contributed by atoms with Crippen LogP contribution < -0.4 is 15.4 Å². The average molecular weight is 427 g/mol. The second-order valence-corrected chi connectivity index (χ2v) is 7.63. The Kier molecular flexibility index (Phi) is 6.41. The van der Waals surface area contributed by atoms with Crippen molar-refractivity contribution in [2.75, 3.05) is 23.8 Å². The van der Waals surface area contributed by atoms with Gasteiger partial charge in [0.15, 0.2) is 10.9 Å². The maximum Gasteiger partial charge on any atom is 0.293 e. The van der Waals surface area contributed by atoms with E-state index in [0.717, 1.165) is 19.4 Å². The molecule has 3 heterocycles. The zero-order chi connectivity index (χ0) is 20.8. The third-order valence-electron chi connectivity index (χ3n) is 4.44. The van der Waals surface area contributed by atoms with Gasteiger partial charge in [-0.1, -0.05) is 6.07 Å². The van der Waals surface area contributed by atoms with Crippen molar-refractivity contribution in [3.8, 4) is 5.75 Å². The molecule has 0 spiro atoms. The molecule has 1 aliphatic heterocycles.